The standard InChI is InChI=1S/C16H21F2N3/c1-9(2)21-14(19)13(20-15(21)16(3,4)5)10-7-6-8-11(17)12(10)18/h6-9H,19H2,1-5H3. The molecule has 5 heteroatoms. The average molecular weight is 293 g/mol. The van der Waals surface area contributed by atoms with Gasteiger partial charge in [0.05, 0.1) is 0 Å². The van der Waals surface area contributed by atoms with Crippen LogP contribution in [0.4, 0.5) is 14.6 Å². The predicted octanol–water partition coefficient (Wildman–Crippen LogP) is 4.29. The quantitative estimate of drug-likeness (QED) is 0.897. The summed E-state index contributed by atoms with van der Waals surface area (Å²) in [5, 5.41) is 0. The molecule has 1 heterocycles. The Hall–Kier alpha value is -1.91. The molecule has 0 atom stereocenters. The van der Waals surface area contributed by atoms with Crippen molar-refractivity contribution in [3.05, 3.63) is 35.7 Å². The SMILES string of the molecule is CC(C)n1c(C(C)(C)C)nc(-c2cccc(F)c2F)c1N. The third kappa shape index (κ3) is 2.64. The Morgan fingerprint density at radius 3 is 2.29 bits per heavy atom. The van der Waals surface area contributed by atoms with Gasteiger partial charge in [-0.3, -0.25) is 0 Å². The summed E-state index contributed by atoms with van der Waals surface area (Å²) >= 11 is 0. The highest BCUT2D eigenvalue weighted by atomic mass is 19.2. The van der Waals surface area contributed by atoms with Gasteiger partial charge in [0.1, 0.15) is 17.3 Å². The van der Waals surface area contributed by atoms with Crippen LogP contribution >= 0.6 is 0 Å². The van der Waals surface area contributed by atoms with Crippen LogP contribution in [0.25, 0.3) is 11.3 Å². The van der Waals surface area contributed by atoms with E-state index in [1.807, 2.05) is 39.2 Å². The summed E-state index contributed by atoms with van der Waals surface area (Å²) in [6, 6.07) is 4.11. The highest BCUT2D eigenvalue weighted by Crippen LogP contribution is 2.35. The lowest BCUT2D eigenvalue weighted by Crippen LogP contribution is -2.21. The number of rotatable bonds is 2. The fraction of sp³-hybridized carbons (Fsp3) is 0.438. The number of hydrogen-bond acceptors (Lipinski definition) is 2. The van der Waals surface area contributed by atoms with E-state index in [4.69, 9.17) is 5.73 Å². The lowest BCUT2D eigenvalue weighted by molar-refractivity contribution is 0.473. The van der Waals surface area contributed by atoms with Gasteiger partial charge in [0, 0.05) is 17.0 Å². The van der Waals surface area contributed by atoms with Crippen molar-refractivity contribution < 1.29 is 8.78 Å². The van der Waals surface area contributed by atoms with E-state index < -0.39 is 11.6 Å². The maximum absolute atomic E-state index is 14.0. The van der Waals surface area contributed by atoms with Crippen LogP contribution in [0.15, 0.2) is 18.2 Å². The second kappa shape index (κ2) is 5.13. The van der Waals surface area contributed by atoms with E-state index in [0.29, 0.717) is 11.5 Å². The second-order valence-corrected chi connectivity index (χ2v) is 6.48. The maximum atomic E-state index is 14.0. The van der Waals surface area contributed by atoms with Crippen LogP contribution < -0.4 is 5.73 Å². The molecule has 21 heavy (non-hydrogen) atoms. The van der Waals surface area contributed by atoms with Crippen molar-refractivity contribution in [2.75, 3.05) is 5.73 Å². The molecule has 0 fully saturated rings. The molecule has 2 aromatic rings. The Morgan fingerprint density at radius 2 is 1.81 bits per heavy atom. The number of nitrogens with two attached hydrogens (primary N) is 1. The fourth-order valence-corrected chi connectivity index (χ4v) is 2.38. The molecule has 0 bridgehead atoms. The highest BCUT2D eigenvalue weighted by molar-refractivity contribution is 5.72. The number of nitrogens with zero attached hydrogens (tertiary/aromatic N) is 2. The van der Waals surface area contributed by atoms with Gasteiger partial charge >= 0.3 is 0 Å². The van der Waals surface area contributed by atoms with Gasteiger partial charge in [-0.15, -0.1) is 0 Å². The molecular formula is C16H21F2N3. The van der Waals surface area contributed by atoms with E-state index in [1.165, 1.54) is 12.1 Å². The van der Waals surface area contributed by atoms with Crippen LogP contribution in [0.3, 0.4) is 0 Å². The number of imidazole rings is 1. The largest absolute Gasteiger partial charge is 0.383 e. The number of anilines is 1. The minimum atomic E-state index is -0.918. The van der Waals surface area contributed by atoms with Gasteiger partial charge in [-0.25, -0.2) is 13.8 Å². The molecule has 0 saturated heterocycles. The zero-order valence-corrected chi connectivity index (χ0v) is 13.0. The van der Waals surface area contributed by atoms with Crippen LogP contribution in [0.1, 0.15) is 46.5 Å². The normalized spacial score (nSPS) is 12.2. The molecule has 2 rings (SSSR count). The van der Waals surface area contributed by atoms with Gasteiger partial charge < -0.3 is 10.3 Å². The molecule has 0 spiro atoms. The highest BCUT2D eigenvalue weighted by Gasteiger charge is 2.28. The minimum Gasteiger partial charge on any atom is -0.383 e. The Kier molecular flexibility index (Phi) is 3.78. The zero-order valence-electron chi connectivity index (χ0n) is 13.0. The first kappa shape index (κ1) is 15.5. The minimum absolute atomic E-state index is 0.0806. The molecular weight excluding hydrogens is 272 g/mol. The molecule has 0 radical (unpaired) electrons. The van der Waals surface area contributed by atoms with Crippen LogP contribution in [0.2, 0.25) is 0 Å². The van der Waals surface area contributed by atoms with Crippen LogP contribution in [0, 0.1) is 11.6 Å². The Morgan fingerprint density at radius 1 is 1.19 bits per heavy atom. The monoisotopic (exact) mass is 293 g/mol. The van der Waals surface area contributed by atoms with E-state index in [0.717, 1.165) is 11.9 Å². The molecule has 0 aliphatic heterocycles. The maximum Gasteiger partial charge on any atom is 0.168 e. The Labute approximate surface area is 123 Å². The first-order valence-corrected chi connectivity index (χ1v) is 6.97. The van der Waals surface area contributed by atoms with Gasteiger partial charge in [-0.2, -0.15) is 0 Å². The lowest BCUT2D eigenvalue weighted by Gasteiger charge is -2.22. The van der Waals surface area contributed by atoms with Crippen molar-refractivity contribution in [1.29, 1.82) is 0 Å². The molecule has 114 valence electrons. The number of benzene rings is 1. The van der Waals surface area contributed by atoms with Crippen LogP contribution in [0.5, 0.6) is 0 Å². The molecule has 0 aliphatic rings. The molecule has 0 unspecified atom stereocenters. The molecule has 0 saturated carbocycles. The van der Waals surface area contributed by atoms with Gasteiger partial charge in [0.2, 0.25) is 0 Å². The molecule has 3 nitrogen and oxygen atoms in total. The fourth-order valence-electron chi connectivity index (χ4n) is 2.38. The summed E-state index contributed by atoms with van der Waals surface area (Å²) in [5.41, 5.74) is 6.31. The van der Waals surface area contributed by atoms with Gasteiger partial charge in [0.25, 0.3) is 0 Å². The third-order valence-electron chi connectivity index (χ3n) is 3.34. The summed E-state index contributed by atoms with van der Waals surface area (Å²) in [6.45, 7) is 10.0. The van der Waals surface area contributed by atoms with Crippen molar-refractivity contribution in [3.8, 4) is 11.3 Å². The predicted molar refractivity (Wildman–Crippen MR) is 81.1 cm³/mol. The van der Waals surface area contributed by atoms with Crippen molar-refractivity contribution in [3.63, 3.8) is 0 Å². The Bertz CT molecular complexity index is 667. The van der Waals surface area contributed by atoms with E-state index in [1.54, 1.807) is 0 Å². The first-order chi connectivity index (χ1) is 9.64. The number of halogens is 2. The number of aromatic nitrogens is 2. The van der Waals surface area contributed by atoms with E-state index in [2.05, 4.69) is 4.98 Å². The van der Waals surface area contributed by atoms with Gasteiger partial charge in [-0.05, 0) is 26.0 Å². The van der Waals surface area contributed by atoms with Crippen LogP contribution in [-0.4, -0.2) is 9.55 Å². The van der Waals surface area contributed by atoms with Crippen molar-refractivity contribution in [1.82, 2.24) is 9.55 Å². The number of nitrogen functional groups attached to an aromatic ring is 1. The van der Waals surface area contributed by atoms with Gasteiger partial charge in [-0.1, -0.05) is 26.8 Å². The van der Waals surface area contributed by atoms with Crippen molar-refractivity contribution in [2.45, 2.75) is 46.1 Å². The number of hydrogen-bond donors (Lipinski definition) is 1. The van der Waals surface area contributed by atoms with E-state index >= 15 is 0 Å². The summed E-state index contributed by atoms with van der Waals surface area (Å²) in [6.07, 6.45) is 0. The molecule has 2 N–H and O–H groups in total. The van der Waals surface area contributed by atoms with E-state index in [-0.39, 0.29) is 17.0 Å². The summed E-state index contributed by atoms with van der Waals surface area (Å²) in [7, 11) is 0. The topological polar surface area (TPSA) is 43.8 Å². The van der Waals surface area contributed by atoms with E-state index in [9.17, 15) is 8.78 Å². The molecule has 1 aromatic carbocycles. The first-order valence-electron chi connectivity index (χ1n) is 6.97. The third-order valence-corrected chi connectivity index (χ3v) is 3.34. The van der Waals surface area contributed by atoms with Crippen molar-refractivity contribution in [2.24, 2.45) is 0 Å². The van der Waals surface area contributed by atoms with Crippen LogP contribution in [-0.2, 0) is 5.41 Å². The molecule has 0 aliphatic carbocycles. The smallest absolute Gasteiger partial charge is 0.168 e. The Balaban J connectivity index is 2.75. The summed E-state index contributed by atoms with van der Waals surface area (Å²) < 4.78 is 29.3. The zero-order chi connectivity index (χ0) is 15.9. The average Bonchev–Trinajstić information content (AvgIpc) is 2.70. The summed E-state index contributed by atoms with van der Waals surface area (Å²) in [5.74, 6) is -0.700. The molecule has 1 aromatic heterocycles. The second-order valence-electron chi connectivity index (χ2n) is 6.48. The lowest BCUT2D eigenvalue weighted by atomic mass is 9.95. The summed E-state index contributed by atoms with van der Waals surface area (Å²) in [4.78, 5) is 4.51. The van der Waals surface area contributed by atoms with Gasteiger partial charge in [0.15, 0.2) is 11.6 Å². The molecule has 0 amide bonds. The van der Waals surface area contributed by atoms with Crippen molar-refractivity contribution >= 4 is 5.82 Å².